The number of hydrogen-bond donors (Lipinski definition) is 2. The number of para-hydroxylation sites is 1. The van der Waals surface area contributed by atoms with Crippen LogP contribution in [-0.2, 0) is 9.59 Å². The second-order valence-electron chi connectivity index (χ2n) is 6.02. The molecule has 0 spiro atoms. The van der Waals surface area contributed by atoms with Crippen LogP contribution in [0, 0.1) is 5.82 Å². The summed E-state index contributed by atoms with van der Waals surface area (Å²) in [7, 11) is 0. The summed E-state index contributed by atoms with van der Waals surface area (Å²) in [6.07, 6.45) is 1.48. The number of imide groups is 1. The van der Waals surface area contributed by atoms with E-state index in [0.717, 1.165) is 9.37 Å². The number of carbonyl (C=O) groups excluding carboxylic acids is 3. The number of benzene rings is 2. The number of nitrogens with zero attached hydrogens (tertiary/aromatic N) is 1. The summed E-state index contributed by atoms with van der Waals surface area (Å²) in [4.78, 5) is 37.7. The Labute approximate surface area is 174 Å². The van der Waals surface area contributed by atoms with Gasteiger partial charge in [-0.2, -0.15) is 0 Å². The van der Waals surface area contributed by atoms with E-state index in [9.17, 15) is 18.8 Å². The van der Waals surface area contributed by atoms with E-state index in [1.807, 2.05) is 6.92 Å². The van der Waals surface area contributed by atoms with Crippen LogP contribution in [0.15, 0.2) is 52.6 Å². The van der Waals surface area contributed by atoms with Crippen molar-refractivity contribution < 1.29 is 23.5 Å². The van der Waals surface area contributed by atoms with Crippen LogP contribution in [0.1, 0.15) is 12.5 Å². The lowest BCUT2D eigenvalue weighted by atomic mass is 10.1. The topological polar surface area (TPSA) is 87.7 Å². The highest BCUT2D eigenvalue weighted by Crippen LogP contribution is 2.26. The fourth-order valence-corrected chi connectivity index (χ4v) is 3.06. The van der Waals surface area contributed by atoms with Gasteiger partial charge in [-0.05, 0) is 43.3 Å². The predicted octanol–water partition coefficient (Wildman–Crippen LogP) is 3.52. The SMILES string of the molecule is CCOc1ccc(Br)cc1/C=C1/NC(=O)N(CC(=O)Nc2ccccc2F)C1=O. The van der Waals surface area contributed by atoms with Crippen LogP contribution in [0.25, 0.3) is 6.08 Å². The number of ether oxygens (including phenoxy) is 1. The summed E-state index contributed by atoms with van der Waals surface area (Å²) in [6.45, 7) is 1.71. The lowest BCUT2D eigenvalue weighted by molar-refractivity contribution is -0.127. The monoisotopic (exact) mass is 461 g/mol. The zero-order chi connectivity index (χ0) is 21.0. The van der Waals surface area contributed by atoms with E-state index < -0.39 is 30.2 Å². The van der Waals surface area contributed by atoms with Gasteiger partial charge in [0.1, 0.15) is 23.8 Å². The van der Waals surface area contributed by atoms with Crippen molar-refractivity contribution in [3.8, 4) is 5.75 Å². The van der Waals surface area contributed by atoms with Crippen molar-refractivity contribution in [3.05, 3.63) is 64.0 Å². The third kappa shape index (κ3) is 4.80. The summed E-state index contributed by atoms with van der Waals surface area (Å²) >= 11 is 3.35. The molecule has 2 N–H and O–H groups in total. The molecule has 4 amide bonds. The summed E-state index contributed by atoms with van der Waals surface area (Å²) in [5, 5.41) is 4.79. The maximum atomic E-state index is 13.7. The number of rotatable bonds is 6. The molecular formula is C20H17BrFN3O4. The summed E-state index contributed by atoms with van der Waals surface area (Å²) < 4.78 is 20.0. The van der Waals surface area contributed by atoms with Crippen molar-refractivity contribution in [1.82, 2.24) is 10.2 Å². The Morgan fingerprint density at radius 3 is 2.76 bits per heavy atom. The van der Waals surface area contributed by atoms with Crippen molar-refractivity contribution in [2.24, 2.45) is 0 Å². The first-order valence-corrected chi connectivity index (χ1v) is 9.49. The second-order valence-corrected chi connectivity index (χ2v) is 6.94. The zero-order valence-electron chi connectivity index (χ0n) is 15.4. The summed E-state index contributed by atoms with van der Waals surface area (Å²) in [5.74, 6) is -1.43. The second kappa shape index (κ2) is 8.87. The summed E-state index contributed by atoms with van der Waals surface area (Å²) in [5.41, 5.74) is 0.561. The highest BCUT2D eigenvalue weighted by Gasteiger charge is 2.35. The fourth-order valence-electron chi connectivity index (χ4n) is 2.69. The molecule has 1 aliphatic rings. The Morgan fingerprint density at radius 1 is 1.28 bits per heavy atom. The standard InChI is InChI=1S/C20H17BrFN3O4/c1-2-29-17-8-7-13(21)9-12(17)10-16-19(27)25(20(28)24-16)11-18(26)23-15-6-4-3-5-14(15)22/h3-10H,2,11H2,1H3,(H,23,26)(H,24,28)/b16-10+. The van der Waals surface area contributed by atoms with Crippen molar-refractivity contribution in [2.75, 3.05) is 18.5 Å². The first-order chi connectivity index (χ1) is 13.9. The minimum absolute atomic E-state index is 0.00717. The van der Waals surface area contributed by atoms with Gasteiger partial charge >= 0.3 is 6.03 Å². The van der Waals surface area contributed by atoms with Crippen molar-refractivity contribution in [1.29, 1.82) is 0 Å². The maximum absolute atomic E-state index is 13.7. The first-order valence-electron chi connectivity index (χ1n) is 8.70. The number of anilines is 1. The average Bonchev–Trinajstić information content (AvgIpc) is 2.93. The van der Waals surface area contributed by atoms with Gasteiger partial charge in [-0.15, -0.1) is 0 Å². The number of hydrogen-bond acceptors (Lipinski definition) is 4. The Balaban J connectivity index is 1.76. The molecule has 1 fully saturated rings. The van der Waals surface area contributed by atoms with Gasteiger partial charge in [0.05, 0.1) is 12.3 Å². The van der Waals surface area contributed by atoms with E-state index in [2.05, 4.69) is 26.6 Å². The predicted molar refractivity (Wildman–Crippen MR) is 109 cm³/mol. The number of halogens is 2. The lowest BCUT2D eigenvalue weighted by Gasteiger charge is -2.12. The molecule has 1 aliphatic heterocycles. The largest absolute Gasteiger partial charge is 0.493 e. The van der Waals surface area contributed by atoms with E-state index in [0.29, 0.717) is 17.9 Å². The molecule has 1 saturated heterocycles. The lowest BCUT2D eigenvalue weighted by Crippen LogP contribution is -2.38. The van der Waals surface area contributed by atoms with Crippen LogP contribution in [-0.4, -0.2) is 35.9 Å². The molecule has 0 aromatic heterocycles. The van der Waals surface area contributed by atoms with Gasteiger partial charge in [0.15, 0.2) is 0 Å². The molecule has 2 aromatic rings. The first kappa shape index (κ1) is 20.5. The van der Waals surface area contributed by atoms with Gasteiger partial charge in [0.2, 0.25) is 5.91 Å². The van der Waals surface area contributed by atoms with E-state index in [-0.39, 0.29) is 11.4 Å². The molecule has 3 rings (SSSR count). The van der Waals surface area contributed by atoms with Gasteiger partial charge in [0, 0.05) is 10.0 Å². The smallest absolute Gasteiger partial charge is 0.329 e. The number of amides is 4. The number of carbonyl (C=O) groups is 3. The number of nitrogens with one attached hydrogen (secondary N) is 2. The Bertz CT molecular complexity index is 1010. The molecule has 29 heavy (non-hydrogen) atoms. The minimum Gasteiger partial charge on any atom is -0.493 e. The Hall–Kier alpha value is -3.20. The van der Waals surface area contributed by atoms with Gasteiger partial charge in [0.25, 0.3) is 5.91 Å². The van der Waals surface area contributed by atoms with Crippen LogP contribution in [0.5, 0.6) is 5.75 Å². The molecule has 0 radical (unpaired) electrons. The molecule has 0 atom stereocenters. The molecule has 0 saturated carbocycles. The van der Waals surface area contributed by atoms with Gasteiger partial charge in [-0.25, -0.2) is 14.1 Å². The van der Waals surface area contributed by atoms with Gasteiger partial charge < -0.3 is 15.4 Å². The Kier molecular flexibility index (Phi) is 6.28. The molecule has 7 nitrogen and oxygen atoms in total. The van der Waals surface area contributed by atoms with Gasteiger partial charge in [-0.1, -0.05) is 28.1 Å². The average molecular weight is 462 g/mol. The van der Waals surface area contributed by atoms with Crippen LogP contribution in [0.3, 0.4) is 0 Å². The molecule has 2 aromatic carbocycles. The molecule has 150 valence electrons. The quantitative estimate of drug-likeness (QED) is 0.508. The summed E-state index contributed by atoms with van der Waals surface area (Å²) in [6, 6.07) is 10.1. The molecule has 0 unspecified atom stereocenters. The van der Waals surface area contributed by atoms with Crippen molar-refractivity contribution >= 4 is 45.5 Å². The molecule has 0 aliphatic carbocycles. The van der Waals surface area contributed by atoms with Crippen LogP contribution >= 0.6 is 15.9 Å². The molecular weight excluding hydrogens is 445 g/mol. The van der Waals surface area contributed by atoms with E-state index in [1.165, 1.54) is 24.3 Å². The highest BCUT2D eigenvalue weighted by molar-refractivity contribution is 9.10. The molecule has 9 heteroatoms. The zero-order valence-corrected chi connectivity index (χ0v) is 17.0. The maximum Gasteiger partial charge on any atom is 0.329 e. The number of urea groups is 1. The van der Waals surface area contributed by atoms with Crippen LogP contribution in [0.2, 0.25) is 0 Å². The fraction of sp³-hybridized carbons (Fsp3) is 0.150. The third-order valence-corrected chi connectivity index (χ3v) is 4.48. The van der Waals surface area contributed by atoms with Crippen molar-refractivity contribution in [3.63, 3.8) is 0 Å². The molecule has 0 bridgehead atoms. The van der Waals surface area contributed by atoms with E-state index in [1.54, 1.807) is 24.3 Å². The van der Waals surface area contributed by atoms with Crippen LogP contribution < -0.4 is 15.4 Å². The van der Waals surface area contributed by atoms with Crippen LogP contribution in [0.4, 0.5) is 14.9 Å². The van der Waals surface area contributed by atoms with E-state index >= 15 is 0 Å². The normalized spacial score (nSPS) is 14.9. The third-order valence-electron chi connectivity index (χ3n) is 3.98. The molecule has 1 heterocycles. The van der Waals surface area contributed by atoms with Crippen molar-refractivity contribution in [2.45, 2.75) is 6.92 Å². The highest BCUT2D eigenvalue weighted by atomic mass is 79.9. The van der Waals surface area contributed by atoms with Gasteiger partial charge in [-0.3, -0.25) is 9.59 Å². The minimum atomic E-state index is -0.738. The van der Waals surface area contributed by atoms with E-state index in [4.69, 9.17) is 4.74 Å². The Morgan fingerprint density at radius 2 is 2.03 bits per heavy atom.